The average Bonchev–Trinajstić information content (AvgIpc) is 3.41. The van der Waals surface area contributed by atoms with Gasteiger partial charge in [-0.3, -0.25) is 4.79 Å². The van der Waals surface area contributed by atoms with E-state index in [1.165, 1.54) is 19.5 Å². The molecule has 1 aliphatic heterocycles. The molecule has 1 amide bonds. The van der Waals surface area contributed by atoms with Crippen LogP contribution in [-0.2, 0) is 4.74 Å². The van der Waals surface area contributed by atoms with Crippen LogP contribution in [0.2, 0.25) is 5.02 Å². The van der Waals surface area contributed by atoms with Crippen molar-refractivity contribution in [3.05, 3.63) is 45.3 Å². The van der Waals surface area contributed by atoms with Crippen LogP contribution >= 0.6 is 22.9 Å². The quantitative estimate of drug-likeness (QED) is 0.461. The molecule has 1 fully saturated rings. The van der Waals surface area contributed by atoms with E-state index < -0.39 is 18.0 Å². The summed E-state index contributed by atoms with van der Waals surface area (Å²) in [5.74, 6) is -1.32. The van der Waals surface area contributed by atoms with E-state index in [9.17, 15) is 20.0 Å². The number of H-pyrrole nitrogens is 1. The minimum atomic E-state index is -1.11. The van der Waals surface area contributed by atoms with Crippen LogP contribution < -0.4 is 10.2 Å². The monoisotopic (exact) mass is 501 g/mol. The highest BCUT2D eigenvalue weighted by Gasteiger charge is 2.34. The molecule has 1 saturated heterocycles. The van der Waals surface area contributed by atoms with Gasteiger partial charge in [-0.25, -0.2) is 19.7 Å². The molecule has 3 aromatic heterocycles. The molecular weight excluding hydrogens is 482 g/mol. The second-order valence-electron chi connectivity index (χ2n) is 7.57. The number of hydrogen-bond donors (Lipinski definition) is 3. The van der Waals surface area contributed by atoms with Crippen LogP contribution in [0.5, 0.6) is 0 Å². The number of hydrogen-bond acceptors (Lipinski definition) is 9. The molecule has 0 saturated carbocycles. The van der Waals surface area contributed by atoms with Gasteiger partial charge in [-0.2, -0.15) is 5.26 Å². The number of rotatable bonds is 6. The fourth-order valence-electron chi connectivity index (χ4n) is 3.77. The second-order valence-corrected chi connectivity index (χ2v) is 8.92. The third kappa shape index (κ3) is 4.45. The number of aromatic carboxylic acids is 1. The predicted octanol–water partition coefficient (Wildman–Crippen LogP) is 2.48. The third-order valence-corrected chi connectivity index (χ3v) is 7.06. The predicted molar refractivity (Wildman–Crippen MR) is 124 cm³/mol. The number of nitriles is 1. The summed E-state index contributed by atoms with van der Waals surface area (Å²) in [7, 11) is 1.54. The lowest BCUT2D eigenvalue weighted by Crippen LogP contribution is -2.55. The van der Waals surface area contributed by atoms with Gasteiger partial charge in [0.1, 0.15) is 27.9 Å². The number of nitrogens with one attached hydrogen (secondary N) is 2. The van der Waals surface area contributed by atoms with Crippen molar-refractivity contribution in [3.8, 4) is 17.6 Å². The number of carboxylic acids is 1. The number of carboxylic acid groups (broad SMARTS) is 1. The van der Waals surface area contributed by atoms with E-state index in [0.29, 0.717) is 30.3 Å². The molecule has 0 radical (unpaired) electrons. The molecule has 0 aromatic carbocycles. The zero-order valence-corrected chi connectivity index (χ0v) is 19.8. The zero-order valence-electron chi connectivity index (χ0n) is 18.2. The highest BCUT2D eigenvalue weighted by Crippen LogP contribution is 2.33. The number of aromatic nitrogens is 4. The number of thiazole rings is 1. The molecule has 176 valence electrons. The normalized spacial score (nSPS) is 17.9. The number of aromatic amines is 1. The molecule has 11 nitrogen and oxygen atoms in total. The summed E-state index contributed by atoms with van der Waals surface area (Å²) in [6.45, 7) is 2.56. The van der Waals surface area contributed by atoms with Gasteiger partial charge in [0.2, 0.25) is 0 Å². The van der Waals surface area contributed by atoms with E-state index >= 15 is 0 Å². The zero-order chi connectivity index (χ0) is 24.4. The Labute approximate surface area is 203 Å². The Morgan fingerprint density at radius 3 is 2.79 bits per heavy atom. The second kappa shape index (κ2) is 9.76. The maximum absolute atomic E-state index is 12.8. The minimum absolute atomic E-state index is 0.0496. The molecule has 4 heterocycles. The van der Waals surface area contributed by atoms with Crippen molar-refractivity contribution in [2.24, 2.45) is 0 Å². The Hall–Kier alpha value is -3.53. The fourth-order valence-corrected chi connectivity index (χ4v) is 4.89. The minimum Gasteiger partial charge on any atom is -0.477 e. The number of carbonyl (C=O) groups is 2. The van der Waals surface area contributed by atoms with Gasteiger partial charge in [-0.1, -0.05) is 22.9 Å². The van der Waals surface area contributed by atoms with Gasteiger partial charge in [-0.15, -0.1) is 0 Å². The van der Waals surface area contributed by atoms with Gasteiger partial charge >= 0.3 is 5.97 Å². The van der Waals surface area contributed by atoms with Gasteiger partial charge in [0.15, 0.2) is 11.0 Å². The molecule has 4 rings (SSSR count). The first-order valence-electron chi connectivity index (χ1n) is 10.2. The average molecular weight is 502 g/mol. The SMILES string of the molecule is COC1CN(c2nc(-c3ncccn3)c(C(=O)O)s2)CCC1NC(=O)c1[nH]c(C)c(Cl)c1C#N. The van der Waals surface area contributed by atoms with Crippen molar-refractivity contribution in [2.45, 2.75) is 25.5 Å². The molecule has 0 aliphatic carbocycles. The Balaban J connectivity index is 1.52. The molecule has 2 unspecified atom stereocenters. The number of amides is 1. The maximum Gasteiger partial charge on any atom is 0.348 e. The number of anilines is 1. The number of aryl methyl sites for hydroxylation is 1. The molecule has 34 heavy (non-hydrogen) atoms. The first-order valence-corrected chi connectivity index (χ1v) is 11.4. The highest BCUT2D eigenvalue weighted by atomic mass is 35.5. The van der Waals surface area contributed by atoms with E-state index in [-0.39, 0.29) is 38.7 Å². The summed E-state index contributed by atoms with van der Waals surface area (Å²) in [5.41, 5.74) is 0.960. The van der Waals surface area contributed by atoms with Crippen molar-refractivity contribution >= 4 is 39.9 Å². The molecule has 1 aliphatic rings. The lowest BCUT2D eigenvalue weighted by Gasteiger charge is -2.37. The topological polar surface area (TPSA) is 157 Å². The molecule has 3 aromatic rings. The van der Waals surface area contributed by atoms with Crippen LogP contribution in [0.3, 0.4) is 0 Å². The van der Waals surface area contributed by atoms with Crippen molar-refractivity contribution in [3.63, 3.8) is 0 Å². The van der Waals surface area contributed by atoms with E-state index in [4.69, 9.17) is 16.3 Å². The largest absolute Gasteiger partial charge is 0.477 e. The van der Waals surface area contributed by atoms with Gasteiger partial charge in [-0.05, 0) is 19.4 Å². The summed E-state index contributed by atoms with van der Waals surface area (Å²) in [6.07, 6.45) is 3.17. The number of ether oxygens (including phenoxy) is 1. The third-order valence-electron chi connectivity index (χ3n) is 5.49. The van der Waals surface area contributed by atoms with Crippen molar-refractivity contribution in [1.82, 2.24) is 25.3 Å². The smallest absolute Gasteiger partial charge is 0.348 e. The van der Waals surface area contributed by atoms with E-state index in [1.807, 2.05) is 11.0 Å². The Kier molecular flexibility index (Phi) is 6.78. The van der Waals surface area contributed by atoms with E-state index in [2.05, 4.69) is 25.3 Å². The summed E-state index contributed by atoms with van der Waals surface area (Å²) < 4.78 is 5.63. The molecule has 13 heteroatoms. The summed E-state index contributed by atoms with van der Waals surface area (Å²) >= 11 is 7.14. The van der Waals surface area contributed by atoms with Crippen molar-refractivity contribution in [2.75, 3.05) is 25.1 Å². The number of methoxy groups -OCH3 is 1. The van der Waals surface area contributed by atoms with Crippen LogP contribution in [0.1, 0.15) is 37.8 Å². The first-order chi connectivity index (χ1) is 16.3. The van der Waals surface area contributed by atoms with Gasteiger partial charge < -0.3 is 25.0 Å². The number of carbonyl (C=O) groups excluding carboxylic acids is 1. The van der Waals surface area contributed by atoms with Gasteiger partial charge in [0.05, 0.1) is 17.2 Å². The number of nitrogens with zero attached hydrogens (tertiary/aromatic N) is 5. The lowest BCUT2D eigenvalue weighted by atomic mass is 10.0. The molecule has 2 atom stereocenters. The summed E-state index contributed by atoms with van der Waals surface area (Å²) in [6, 6.07) is 3.26. The number of halogens is 1. The van der Waals surface area contributed by atoms with Crippen molar-refractivity contribution in [1.29, 1.82) is 5.26 Å². The molecule has 0 spiro atoms. The van der Waals surface area contributed by atoms with Crippen molar-refractivity contribution < 1.29 is 19.4 Å². The van der Waals surface area contributed by atoms with Crippen LogP contribution in [0, 0.1) is 18.3 Å². The van der Waals surface area contributed by atoms with Crippen LogP contribution in [-0.4, -0.2) is 69.3 Å². The first kappa shape index (κ1) is 23.6. The maximum atomic E-state index is 12.8. The van der Waals surface area contributed by atoms with Gasteiger partial charge in [0.25, 0.3) is 5.91 Å². The Bertz CT molecular complexity index is 1270. The van der Waals surface area contributed by atoms with Crippen LogP contribution in [0.15, 0.2) is 18.5 Å². The Morgan fingerprint density at radius 2 is 2.15 bits per heavy atom. The van der Waals surface area contributed by atoms with Crippen LogP contribution in [0.4, 0.5) is 5.13 Å². The van der Waals surface area contributed by atoms with Gasteiger partial charge in [0, 0.05) is 38.3 Å². The molecular formula is C21H20ClN7O4S. The lowest BCUT2D eigenvalue weighted by molar-refractivity contribution is 0.0540. The highest BCUT2D eigenvalue weighted by molar-refractivity contribution is 7.17. The Morgan fingerprint density at radius 1 is 1.41 bits per heavy atom. The summed E-state index contributed by atoms with van der Waals surface area (Å²) in [4.78, 5) is 42.2. The summed E-state index contributed by atoms with van der Waals surface area (Å²) in [5, 5.41) is 22.6. The van der Waals surface area contributed by atoms with Crippen LogP contribution in [0.25, 0.3) is 11.5 Å². The standard InChI is InChI=1S/C21H20ClN7O4S/c1-10-14(22)11(8-23)15(26-10)19(30)27-12-4-7-29(9-13(12)33-2)21-28-16(17(34-21)20(31)32)18-24-5-3-6-25-18/h3,5-6,12-13,26H,4,7,9H2,1-2H3,(H,27,30)(H,31,32). The molecule has 0 bridgehead atoms. The molecule has 3 N–H and O–H groups in total. The van der Waals surface area contributed by atoms with E-state index in [0.717, 1.165) is 11.3 Å². The van der Waals surface area contributed by atoms with E-state index in [1.54, 1.807) is 13.0 Å². The fraction of sp³-hybridized carbons (Fsp3) is 0.333. The number of piperidine rings is 1.